The van der Waals surface area contributed by atoms with E-state index in [1.807, 2.05) is 4.90 Å². The summed E-state index contributed by atoms with van der Waals surface area (Å²) >= 11 is 0. The van der Waals surface area contributed by atoms with Gasteiger partial charge in [0.15, 0.2) is 0 Å². The van der Waals surface area contributed by atoms with E-state index in [0.29, 0.717) is 5.92 Å². The maximum atomic E-state index is 10.2. The molecule has 0 aromatic carbocycles. The summed E-state index contributed by atoms with van der Waals surface area (Å²) in [5.74, 6) is 0.712. The Kier molecular flexibility index (Phi) is 2.09. The summed E-state index contributed by atoms with van der Waals surface area (Å²) in [6.07, 6.45) is 3.42. The van der Waals surface area contributed by atoms with E-state index in [4.69, 9.17) is 0 Å². The van der Waals surface area contributed by atoms with Gasteiger partial charge in [-0.05, 0) is 18.8 Å². The molecule has 1 atom stereocenters. The molecule has 0 unspecified atom stereocenters. The minimum Gasteiger partial charge on any atom is -0.345 e. The lowest BCUT2D eigenvalue weighted by atomic mass is 10.0. The fraction of sp³-hybridized carbons (Fsp3) is 0.857. The molecule has 0 radical (unpaired) electrons. The van der Waals surface area contributed by atoms with Crippen molar-refractivity contribution >= 4 is 6.41 Å². The Labute approximate surface area is 55.8 Å². The van der Waals surface area contributed by atoms with Crippen molar-refractivity contribution in [1.82, 2.24) is 4.90 Å². The Morgan fingerprint density at radius 3 is 2.89 bits per heavy atom. The normalized spacial score (nSPS) is 28.1. The molecule has 1 rings (SSSR count). The molecule has 52 valence electrons. The van der Waals surface area contributed by atoms with Crippen LogP contribution in [0.15, 0.2) is 0 Å². The van der Waals surface area contributed by atoms with Crippen LogP contribution in [0.3, 0.4) is 0 Å². The fourth-order valence-electron chi connectivity index (χ4n) is 1.32. The second kappa shape index (κ2) is 2.85. The molecular weight excluding hydrogens is 114 g/mol. The minimum absolute atomic E-state index is 0.712. The Balaban J connectivity index is 2.31. The summed E-state index contributed by atoms with van der Waals surface area (Å²) in [4.78, 5) is 12.1. The number of nitrogens with zero attached hydrogens (tertiary/aromatic N) is 1. The van der Waals surface area contributed by atoms with Crippen LogP contribution in [-0.2, 0) is 4.79 Å². The van der Waals surface area contributed by atoms with Gasteiger partial charge in [-0.2, -0.15) is 0 Å². The highest BCUT2D eigenvalue weighted by Gasteiger charge is 2.13. The smallest absolute Gasteiger partial charge is 0.209 e. The van der Waals surface area contributed by atoms with E-state index in [2.05, 4.69) is 6.92 Å². The molecule has 1 fully saturated rings. The maximum absolute atomic E-state index is 10.2. The van der Waals surface area contributed by atoms with Crippen LogP contribution in [0.2, 0.25) is 0 Å². The van der Waals surface area contributed by atoms with E-state index in [0.717, 1.165) is 19.5 Å². The van der Waals surface area contributed by atoms with Crippen LogP contribution in [-0.4, -0.2) is 24.4 Å². The van der Waals surface area contributed by atoms with Crippen LogP contribution in [0.4, 0.5) is 0 Å². The number of rotatable bonds is 1. The highest BCUT2D eigenvalue weighted by molar-refractivity contribution is 5.47. The molecular formula is C7H13NO. The van der Waals surface area contributed by atoms with E-state index in [-0.39, 0.29) is 0 Å². The summed E-state index contributed by atoms with van der Waals surface area (Å²) in [6.45, 7) is 4.12. The Hall–Kier alpha value is -0.530. The van der Waals surface area contributed by atoms with Crippen LogP contribution in [0.25, 0.3) is 0 Å². The predicted octanol–water partition coefficient (Wildman–Crippen LogP) is 0.875. The molecule has 2 heteroatoms. The van der Waals surface area contributed by atoms with Gasteiger partial charge in [-0.1, -0.05) is 6.92 Å². The summed E-state index contributed by atoms with van der Waals surface area (Å²) in [6, 6.07) is 0. The summed E-state index contributed by atoms with van der Waals surface area (Å²) in [5, 5.41) is 0. The first-order valence-electron chi connectivity index (χ1n) is 3.52. The van der Waals surface area contributed by atoms with Gasteiger partial charge in [-0.3, -0.25) is 4.79 Å². The topological polar surface area (TPSA) is 20.3 Å². The first-order chi connectivity index (χ1) is 4.33. The summed E-state index contributed by atoms with van der Waals surface area (Å²) in [7, 11) is 0. The SMILES string of the molecule is C[C@@H]1CCCN(C=O)C1. The van der Waals surface area contributed by atoms with Crippen molar-refractivity contribution in [3.05, 3.63) is 0 Å². The molecule has 0 aromatic rings. The lowest BCUT2D eigenvalue weighted by Gasteiger charge is -2.27. The molecule has 1 aliphatic rings. The molecule has 9 heavy (non-hydrogen) atoms. The van der Waals surface area contributed by atoms with Gasteiger partial charge in [-0.25, -0.2) is 0 Å². The first kappa shape index (κ1) is 6.59. The zero-order chi connectivity index (χ0) is 6.69. The third-order valence-electron chi connectivity index (χ3n) is 1.84. The molecule has 0 bridgehead atoms. The average molecular weight is 127 g/mol. The van der Waals surface area contributed by atoms with E-state index in [1.54, 1.807) is 0 Å². The first-order valence-corrected chi connectivity index (χ1v) is 3.52. The van der Waals surface area contributed by atoms with Gasteiger partial charge in [-0.15, -0.1) is 0 Å². The van der Waals surface area contributed by atoms with E-state index in [9.17, 15) is 4.79 Å². The third-order valence-corrected chi connectivity index (χ3v) is 1.84. The standard InChI is InChI=1S/C7H13NO/c1-7-3-2-4-8(5-7)6-9/h6-7H,2-5H2,1H3/t7-/m1/s1. The van der Waals surface area contributed by atoms with E-state index < -0.39 is 0 Å². The van der Waals surface area contributed by atoms with Crippen molar-refractivity contribution in [1.29, 1.82) is 0 Å². The second-order valence-electron chi connectivity index (χ2n) is 2.85. The predicted molar refractivity (Wildman–Crippen MR) is 36.0 cm³/mol. The Morgan fingerprint density at radius 1 is 1.67 bits per heavy atom. The van der Waals surface area contributed by atoms with Crippen LogP contribution < -0.4 is 0 Å². The van der Waals surface area contributed by atoms with Crippen molar-refractivity contribution in [2.24, 2.45) is 5.92 Å². The number of carbonyl (C=O) groups excluding carboxylic acids is 1. The number of likely N-dealkylation sites (tertiary alicyclic amines) is 1. The molecule has 1 saturated heterocycles. The number of piperidine rings is 1. The summed E-state index contributed by atoms with van der Waals surface area (Å²) in [5.41, 5.74) is 0. The van der Waals surface area contributed by atoms with Gasteiger partial charge >= 0.3 is 0 Å². The molecule has 1 amide bonds. The highest BCUT2D eigenvalue weighted by Crippen LogP contribution is 2.13. The molecule has 1 aliphatic heterocycles. The van der Waals surface area contributed by atoms with Crippen molar-refractivity contribution in [2.75, 3.05) is 13.1 Å². The quantitative estimate of drug-likeness (QED) is 0.479. The number of hydrogen-bond donors (Lipinski definition) is 0. The largest absolute Gasteiger partial charge is 0.345 e. The number of amides is 1. The fourth-order valence-corrected chi connectivity index (χ4v) is 1.32. The summed E-state index contributed by atoms with van der Waals surface area (Å²) < 4.78 is 0. The minimum atomic E-state index is 0.712. The van der Waals surface area contributed by atoms with Crippen molar-refractivity contribution in [2.45, 2.75) is 19.8 Å². The second-order valence-corrected chi connectivity index (χ2v) is 2.85. The lowest BCUT2D eigenvalue weighted by Crippen LogP contribution is -2.32. The van der Waals surface area contributed by atoms with Crippen LogP contribution in [0, 0.1) is 5.92 Å². The van der Waals surface area contributed by atoms with Gasteiger partial charge in [0, 0.05) is 13.1 Å². The van der Waals surface area contributed by atoms with Crippen molar-refractivity contribution < 1.29 is 4.79 Å². The molecule has 0 aliphatic carbocycles. The molecule has 0 saturated carbocycles. The molecule has 0 spiro atoms. The average Bonchev–Trinajstić information content (AvgIpc) is 1.88. The monoisotopic (exact) mass is 127 g/mol. The van der Waals surface area contributed by atoms with Gasteiger partial charge < -0.3 is 4.90 Å². The number of hydrogen-bond acceptors (Lipinski definition) is 1. The van der Waals surface area contributed by atoms with Crippen molar-refractivity contribution in [3.8, 4) is 0 Å². The van der Waals surface area contributed by atoms with Crippen LogP contribution >= 0.6 is 0 Å². The van der Waals surface area contributed by atoms with Crippen LogP contribution in [0.5, 0.6) is 0 Å². The van der Waals surface area contributed by atoms with E-state index >= 15 is 0 Å². The molecule has 2 nitrogen and oxygen atoms in total. The Morgan fingerprint density at radius 2 is 2.44 bits per heavy atom. The van der Waals surface area contributed by atoms with Gasteiger partial charge in [0.1, 0.15) is 0 Å². The zero-order valence-electron chi connectivity index (χ0n) is 5.84. The van der Waals surface area contributed by atoms with Gasteiger partial charge in [0.2, 0.25) is 6.41 Å². The van der Waals surface area contributed by atoms with Crippen molar-refractivity contribution in [3.63, 3.8) is 0 Å². The highest BCUT2D eigenvalue weighted by atomic mass is 16.1. The molecule has 1 heterocycles. The van der Waals surface area contributed by atoms with E-state index in [1.165, 1.54) is 12.8 Å². The molecule has 0 N–H and O–H groups in total. The number of carbonyl (C=O) groups is 1. The third kappa shape index (κ3) is 1.70. The lowest BCUT2D eigenvalue weighted by molar-refractivity contribution is -0.119. The molecule has 0 aromatic heterocycles. The van der Waals surface area contributed by atoms with Crippen LogP contribution in [0.1, 0.15) is 19.8 Å². The van der Waals surface area contributed by atoms with Gasteiger partial charge in [0.25, 0.3) is 0 Å². The maximum Gasteiger partial charge on any atom is 0.209 e. The zero-order valence-corrected chi connectivity index (χ0v) is 5.84. The van der Waals surface area contributed by atoms with Gasteiger partial charge in [0.05, 0.1) is 0 Å². The Bertz CT molecular complexity index is 103.